The number of hydrogen-bond acceptors (Lipinski definition) is 3. The highest BCUT2D eigenvalue weighted by molar-refractivity contribution is 5.92. The van der Waals surface area contributed by atoms with E-state index in [1.165, 1.54) is 0 Å². The van der Waals surface area contributed by atoms with Gasteiger partial charge in [0.15, 0.2) is 0 Å². The summed E-state index contributed by atoms with van der Waals surface area (Å²) in [6.45, 7) is 3.88. The van der Waals surface area contributed by atoms with Gasteiger partial charge in [-0.2, -0.15) is 5.26 Å². The highest BCUT2D eigenvalue weighted by Gasteiger charge is 2.40. The Morgan fingerprint density at radius 3 is 2.29 bits per heavy atom. The van der Waals surface area contributed by atoms with Crippen molar-refractivity contribution in [1.29, 1.82) is 5.26 Å². The van der Waals surface area contributed by atoms with Gasteiger partial charge in [-0.15, -0.1) is 0 Å². The van der Waals surface area contributed by atoms with Gasteiger partial charge in [0.25, 0.3) is 0 Å². The van der Waals surface area contributed by atoms with Crippen molar-refractivity contribution in [2.24, 2.45) is 0 Å². The maximum absolute atomic E-state index is 11.9. The second-order valence-electron chi connectivity index (χ2n) is 4.97. The molecule has 21 heavy (non-hydrogen) atoms. The molecule has 2 aromatic rings. The van der Waals surface area contributed by atoms with E-state index in [1.54, 1.807) is 12.1 Å². The van der Waals surface area contributed by atoms with Gasteiger partial charge in [0, 0.05) is 5.57 Å². The van der Waals surface area contributed by atoms with E-state index in [4.69, 9.17) is 10.00 Å². The first-order valence-corrected chi connectivity index (χ1v) is 6.65. The average Bonchev–Trinajstić information content (AvgIpc) is 2.84. The molecule has 0 bridgehead atoms. The molecule has 1 fully saturated rings. The largest absolute Gasteiger partial charge is 0.453 e. The highest BCUT2D eigenvalue weighted by atomic mass is 16.6. The molecule has 0 radical (unpaired) electrons. The van der Waals surface area contributed by atoms with Crippen molar-refractivity contribution < 1.29 is 9.53 Å². The molecule has 0 saturated carbocycles. The van der Waals surface area contributed by atoms with Gasteiger partial charge < -0.3 is 4.74 Å². The summed E-state index contributed by atoms with van der Waals surface area (Å²) in [5, 5.41) is 8.86. The standard InChI is InChI=1S/C18H13NO2/c1-12-16(14-5-3-2-4-6-14)17(21-18(12)20)15-9-7-13(11-19)8-10-15/h2-10,16-17H,1H2/t16-,17+/m0/s1. The van der Waals surface area contributed by atoms with Crippen LogP contribution in [0.25, 0.3) is 0 Å². The van der Waals surface area contributed by atoms with E-state index in [1.807, 2.05) is 42.5 Å². The van der Waals surface area contributed by atoms with Gasteiger partial charge >= 0.3 is 5.97 Å². The number of esters is 1. The van der Waals surface area contributed by atoms with Crippen LogP contribution in [0.15, 0.2) is 66.7 Å². The van der Waals surface area contributed by atoms with Crippen molar-refractivity contribution in [3.63, 3.8) is 0 Å². The minimum absolute atomic E-state index is 0.188. The summed E-state index contributed by atoms with van der Waals surface area (Å²) in [7, 11) is 0. The number of rotatable bonds is 2. The molecule has 1 saturated heterocycles. The molecule has 0 aromatic heterocycles. The molecule has 0 aliphatic carbocycles. The Labute approximate surface area is 123 Å². The van der Waals surface area contributed by atoms with Gasteiger partial charge in [0.1, 0.15) is 6.10 Å². The molecule has 102 valence electrons. The quantitative estimate of drug-likeness (QED) is 0.622. The van der Waals surface area contributed by atoms with E-state index >= 15 is 0 Å². The molecular weight excluding hydrogens is 262 g/mol. The Morgan fingerprint density at radius 2 is 1.67 bits per heavy atom. The molecule has 2 atom stereocenters. The number of hydrogen-bond donors (Lipinski definition) is 0. The Kier molecular flexibility index (Phi) is 3.29. The molecule has 1 aliphatic heterocycles. The van der Waals surface area contributed by atoms with Crippen LogP contribution >= 0.6 is 0 Å². The van der Waals surface area contributed by atoms with Crippen LogP contribution in [-0.2, 0) is 9.53 Å². The van der Waals surface area contributed by atoms with Crippen molar-refractivity contribution in [1.82, 2.24) is 0 Å². The van der Waals surface area contributed by atoms with Crippen LogP contribution in [-0.4, -0.2) is 5.97 Å². The third-order valence-corrected chi connectivity index (χ3v) is 3.70. The highest BCUT2D eigenvalue weighted by Crippen LogP contribution is 2.44. The third kappa shape index (κ3) is 2.32. The SMILES string of the molecule is C=C1C(=O)O[C@H](c2ccc(C#N)cc2)[C@@H]1c1ccccc1. The monoisotopic (exact) mass is 275 g/mol. The molecule has 0 amide bonds. The number of benzene rings is 2. The van der Waals surface area contributed by atoms with Crippen molar-refractivity contribution >= 4 is 5.97 Å². The van der Waals surface area contributed by atoms with E-state index < -0.39 is 0 Å². The minimum atomic E-state index is -0.389. The van der Waals surface area contributed by atoms with Crippen LogP contribution < -0.4 is 0 Å². The van der Waals surface area contributed by atoms with E-state index in [-0.39, 0.29) is 18.0 Å². The number of nitrogens with zero attached hydrogens (tertiary/aromatic N) is 1. The van der Waals surface area contributed by atoms with Crippen LogP contribution in [0.1, 0.15) is 28.7 Å². The topological polar surface area (TPSA) is 50.1 Å². The fourth-order valence-electron chi connectivity index (χ4n) is 2.61. The number of nitriles is 1. The van der Waals surface area contributed by atoms with Gasteiger partial charge in [0.2, 0.25) is 0 Å². The van der Waals surface area contributed by atoms with Crippen molar-refractivity contribution in [2.75, 3.05) is 0 Å². The summed E-state index contributed by atoms with van der Waals surface area (Å²) in [5.41, 5.74) is 2.92. The molecule has 0 spiro atoms. The average molecular weight is 275 g/mol. The van der Waals surface area contributed by atoms with E-state index in [0.717, 1.165) is 11.1 Å². The zero-order chi connectivity index (χ0) is 14.8. The maximum atomic E-state index is 11.9. The molecular formula is C18H13NO2. The molecule has 1 aliphatic rings. The number of carbonyl (C=O) groups excluding carboxylic acids is 1. The van der Waals surface area contributed by atoms with Crippen LogP contribution in [0.4, 0.5) is 0 Å². The molecule has 0 unspecified atom stereocenters. The third-order valence-electron chi connectivity index (χ3n) is 3.70. The smallest absolute Gasteiger partial charge is 0.334 e. The van der Waals surface area contributed by atoms with Gasteiger partial charge in [-0.25, -0.2) is 4.79 Å². The fourth-order valence-corrected chi connectivity index (χ4v) is 2.61. The molecule has 3 nitrogen and oxygen atoms in total. The summed E-state index contributed by atoms with van der Waals surface area (Å²) >= 11 is 0. The van der Waals surface area contributed by atoms with Crippen LogP contribution in [0.5, 0.6) is 0 Å². The number of ether oxygens (including phenoxy) is 1. The van der Waals surface area contributed by atoms with Gasteiger partial charge in [-0.1, -0.05) is 49.0 Å². The Hall–Kier alpha value is -2.86. The van der Waals surface area contributed by atoms with Crippen molar-refractivity contribution in [3.8, 4) is 6.07 Å². The lowest BCUT2D eigenvalue weighted by Gasteiger charge is -2.18. The zero-order valence-corrected chi connectivity index (χ0v) is 11.3. The summed E-state index contributed by atoms with van der Waals surface area (Å²) in [6.07, 6.45) is -0.389. The fraction of sp³-hybridized carbons (Fsp3) is 0.111. The second kappa shape index (κ2) is 5.26. The second-order valence-corrected chi connectivity index (χ2v) is 4.97. The Balaban J connectivity index is 2.01. The van der Waals surface area contributed by atoms with Crippen LogP contribution in [0, 0.1) is 11.3 Å². The maximum Gasteiger partial charge on any atom is 0.334 e. The lowest BCUT2D eigenvalue weighted by Crippen LogP contribution is -2.07. The molecule has 3 heteroatoms. The molecule has 3 rings (SSSR count). The van der Waals surface area contributed by atoms with Crippen molar-refractivity contribution in [3.05, 3.63) is 83.4 Å². The van der Waals surface area contributed by atoms with Gasteiger partial charge in [-0.05, 0) is 23.3 Å². The Morgan fingerprint density at radius 1 is 1.00 bits per heavy atom. The first-order chi connectivity index (χ1) is 10.2. The normalized spacial score (nSPS) is 20.9. The molecule has 1 heterocycles. The van der Waals surface area contributed by atoms with Crippen LogP contribution in [0.3, 0.4) is 0 Å². The van der Waals surface area contributed by atoms with Crippen molar-refractivity contribution in [2.45, 2.75) is 12.0 Å². The first-order valence-electron chi connectivity index (χ1n) is 6.65. The van der Waals surface area contributed by atoms with Gasteiger partial charge in [-0.3, -0.25) is 0 Å². The Bertz CT molecular complexity index is 726. The first kappa shape index (κ1) is 13.1. The zero-order valence-electron chi connectivity index (χ0n) is 11.3. The predicted molar refractivity (Wildman–Crippen MR) is 78.3 cm³/mol. The summed E-state index contributed by atoms with van der Waals surface area (Å²) in [6, 6.07) is 18.9. The number of cyclic esters (lactones) is 1. The molecule has 2 aromatic carbocycles. The predicted octanol–water partition coefficient (Wildman–Crippen LogP) is 3.50. The molecule has 0 N–H and O–H groups in total. The summed E-state index contributed by atoms with van der Waals surface area (Å²) in [5.74, 6) is -0.551. The lowest BCUT2D eigenvalue weighted by molar-refractivity contribution is -0.139. The summed E-state index contributed by atoms with van der Waals surface area (Å²) in [4.78, 5) is 11.9. The van der Waals surface area contributed by atoms with Gasteiger partial charge in [0.05, 0.1) is 17.6 Å². The van der Waals surface area contributed by atoms with E-state index in [0.29, 0.717) is 11.1 Å². The van der Waals surface area contributed by atoms with E-state index in [2.05, 4.69) is 12.6 Å². The van der Waals surface area contributed by atoms with Crippen LogP contribution in [0.2, 0.25) is 0 Å². The number of carbonyl (C=O) groups is 1. The lowest BCUT2D eigenvalue weighted by atomic mass is 9.86. The summed E-state index contributed by atoms with van der Waals surface area (Å²) < 4.78 is 5.48. The minimum Gasteiger partial charge on any atom is -0.453 e. The van der Waals surface area contributed by atoms with E-state index in [9.17, 15) is 4.79 Å².